The van der Waals surface area contributed by atoms with Crippen molar-refractivity contribution in [2.75, 3.05) is 29.9 Å². The normalized spacial score (nSPS) is 18.7. The van der Waals surface area contributed by atoms with Gasteiger partial charge in [0.25, 0.3) is 0 Å². The minimum atomic E-state index is -3.67. The average molecular weight is 488 g/mol. The van der Waals surface area contributed by atoms with E-state index in [2.05, 4.69) is 12.2 Å². The fraction of sp³-hybridized carbons (Fsp3) is 0.440. The summed E-state index contributed by atoms with van der Waals surface area (Å²) in [6.07, 6.45) is 1.65. The number of carbonyl (C=O) groups excluding carboxylic acids is 2. The molecule has 2 amide bonds. The van der Waals surface area contributed by atoms with Gasteiger partial charge in [0.2, 0.25) is 21.8 Å². The molecule has 0 saturated carbocycles. The quantitative estimate of drug-likeness (QED) is 0.695. The number of aryl methyl sites for hydroxylation is 1. The fourth-order valence-electron chi connectivity index (χ4n) is 4.61. The molecule has 0 bridgehead atoms. The van der Waals surface area contributed by atoms with Crippen LogP contribution >= 0.6 is 0 Å². The fourth-order valence-corrected chi connectivity index (χ4v) is 6.10. The van der Waals surface area contributed by atoms with Gasteiger partial charge >= 0.3 is 0 Å². The van der Waals surface area contributed by atoms with Crippen LogP contribution in [0.1, 0.15) is 44.7 Å². The Labute approximate surface area is 200 Å². The van der Waals surface area contributed by atoms with E-state index in [9.17, 15) is 22.4 Å². The summed E-state index contributed by atoms with van der Waals surface area (Å²) in [5, 5.41) is 2.72. The van der Waals surface area contributed by atoms with Crippen LogP contribution in [0.2, 0.25) is 0 Å². The first kappa shape index (κ1) is 24.3. The largest absolute Gasteiger partial charge is 0.324 e. The number of hydrogen-bond acceptors (Lipinski definition) is 4. The second-order valence-electron chi connectivity index (χ2n) is 9.79. The van der Waals surface area contributed by atoms with Crippen LogP contribution in [0.3, 0.4) is 0 Å². The summed E-state index contributed by atoms with van der Waals surface area (Å²) in [6.45, 7) is 8.00. The molecule has 2 aromatic carbocycles. The molecule has 0 unspecified atom stereocenters. The Morgan fingerprint density at radius 2 is 1.82 bits per heavy atom. The minimum Gasteiger partial charge on any atom is -0.324 e. The van der Waals surface area contributed by atoms with E-state index >= 15 is 0 Å². The SMILES string of the molecule is Cc1cc(F)ccc1NC(=O)CN1C(=O)C(C)(C)c2cc(S(=O)(=O)N3CCC(C)CC3)ccc21. The van der Waals surface area contributed by atoms with E-state index in [-0.39, 0.29) is 17.3 Å². The third-order valence-corrected chi connectivity index (χ3v) is 8.75. The van der Waals surface area contributed by atoms with Gasteiger partial charge in [-0.3, -0.25) is 9.59 Å². The number of nitrogens with zero attached hydrogens (tertiary/aromatic N) is 2. The van der Waals surface area contributed by atoms with Crippen molar-refractivity contribution < 1.29 is 22.4 Å². The third kappa shape index (κ3) is 4.34. The first-order valence-electron chi connectivity index (χ1n) is 11.4. The first-order chi connectivity index (χ1) is 15.9. The van der Waals surface area contributed by atoms with Crippen molar-refractivity contribution in [1.29, 1.82) is 0 Å². The van der Waals surface area contributed by atoms with Gasteiger partial charge in [0, 0.05) is 24.5 Å². The second kappa shape index (κ2) is 8.78. The lowest BCUT2D eigenvalue weighted by Gasteiger charge is -2.29. The number of hydrogen-bond donors (Lipinski definition) is 1. The van der Waals surface area contributed by atoms with E-state index in [1.54, 1.807) is 32.9 Å². The van der Waals surface area contributed by atoms with Gasteiger partial charge in [-0.05, 0) is 87.1 Å². The zero-order valence-electron chi connectivity index (χ0n) is 19.9. The monoisotopic (exact) mass is 487 g/mol. The molecule has 4 rings (SSSR count). The van der Waals surface area contributed by atoms with Crippen LogP contribution in [-0.4, -0.2) is 44.2 Å². The Bertz CT molecular complexity index is 1250. The molecule has 0 aliphatic carbocycles. The molecule has 2 heterocycles. The lowest BCUT2D eigenvalue weighted by Crippen LogP contribution is -2.40. The van der Waals surface area contributed by atoms with Crippen LogP contribution in [0.4, 0.5) is 15.8 Å². The van der Waals surface area contributed by atoms with Gasteiger partial charge < -0.3 is 10.2 Å². The summed E-state index contributed by atoms with van der Waals surface area (Å²) in [5.41, 5.74) is 1.16. The van der Waals surface area contributed by atoms with Gasteiger partial charge in [-0.15, -0.1) is 0 Å². The number of anilines is 2. The molecule has 0 radical (unpaired) electrons. The number of benzene rings is 2. The number of rotatable bonds is 5. The predicted octanol–water partition coefficient (Wildman–Crippen LogP) is 3.82. The molecule has 9 heteroatoms. The van der Waals surface area contributed by atoms with E-state index < -0.39 is 27.2 Å². The number of piperidine rings is 1. The Morgan fingerprint density at radius 1 is 1.15 bits per heavy atom. The molecule has 1 fully saturated rings. The Kier molecular flexibility index (Phi) is 6.29. The van der Waals surface area contributed by atoms with Gasteiger partial charge in [0.05, 0.1) is 10.3 Å². The van der Waals surface area contributed by atoms with E-state index in [1.165, 1.54) is 33.5 Å². The molecular formula is C25H30FN3O4S. The summed E-state index contributed by atoms with van der Waals surface area (Å²) in [7, 11) is -3.67. The highest BCUT2D eigenvalue weighted by atomic mass is 32.2. The Hall–Kier alpha value is -2.78. The van der Waals surface area contributed by atoms with E-state index in [1.807, 2.05) is 0 Å². The van der Waals surface area contributed by atoms with E-state index in [0.29, 0.717) is 41.5 Å². The molecular weight excluding hydrogens is 457 g/mol. The Morgan fingerprint density at radius 3 is 2.47 bits per heavy atom. The van der Waals surface area contributed by atoms with Gasteiger partial charge in [-0.25, -0.2) is 12.8 Å². The molecule has 2 aliphatic heterocycles. The molecule has 2 aromatic rings. The van der Waals surface area contributed by atoms with Crippen molar-refractivity contribution in [3.63, 3.8) is 0 Å². The molecule has 2 aliphatic rings. The van der Waals surface area contributed by atoms with Crippen LogP contribution in [0.25, 0.3) is 0 Å². The third-order valence-electron chi connectivity index (χ3n) is 6.86. The minimum absolute atomic E-state index is 0.162. The van der Waals surface area contributed by atoms with Crippen molar-refractivity contribution in [1.82, 2.24) is 4.31 Å². The molecule has 182 valence electrons. The van der Waals surface area contributed by atoms with Crippen molar-refractivity contribution in [3.05, 3.63) is 53.3 Å². The van der Waals surface area contributed by atoms with Gasteiger partial charge in [0.1, 0.15) is 12.4 Å². The van der Waals surface area contributed by atoms with Crippen LogP contribution in [0, 0.1) is 18.7 Å². The smallest absolute Gasteiger partial charge is 0.244 e. The standard InChI is InChI=1S/C25H30FN3O4S/c1-16-9-11-28(12-10-16)34(32,33)19-6-8-22-20(14-19)25(3,4)24(31)29(22)15-23(30)27-21-7-5-18(26)13-17(21)2/h5-8,13-14,16H,9-12,15H2,1-4H3,(H,27,30). The number of nitrogens with one attached hydrogen (secondary N) is 1. The number of amides is 2. The summed E-state index contributed by atoms with van der Waals surface area (Å²) < 4.78 is 41.3. The zero-order valence-corrected chi connectivity index (χ0v) is 20.7. The maximum Gasteiger partial charge on any atom is 0.244 e. The molecule has 1 saturated heterocycles. The molecule has 0 spiro atoms. The number of halogens is 1. The van der Waals surface area contributed by atoms with Crippen molar-refractivity contribution >= 4 is 33.2 Å². The highest BCUT2D eigenvalue weighted by Gasteiger charge is 2.45. The van der Waals surface area contributed by atoms with Gasteiger partial charge in [-0.1, -0.05) is 6.92 Å². The maximum atomic E-state index is 13.4. The van der Waals surface area contributed by atoms with Crippen molar-refractivity contribution in [2.45, 2.75) is 50.8 Å². The number of fused-ring (bicyclic) bond motifs is 1. The van der Waals surface area contributed by atoms with E-state index in [0.717, 1.165) is 12.8 Å². The van der Waals surface area contributed by atoms with Crippen LogP contribution in [-0.2, 0) is 25.0 Å². The second-order valence-corrected chi connectivity index (χ2v) is 11.7. The molecule has 7 nitrogen and oxygen atoms in total. The average Bonchev–Trinajstić information content (AvgIpc) is 2.96. The van der Waals surface area contributed by atoms with Crippen LogP contribution in [0.15, 0.2) is 41.3 Å². The summed E-state index contributed by atoms with van der Waals surface area (Å²) >= 11 is 0. The summed E-state index contributed by atoms with van der Waals surface area (Å²) in [4.78, 5) is 27.5. The topological polar surface area (TPSA) is 86.8 Å². The number of carbonyl (C=O) groups is 2. The molecule has 34 heavy (non-hydrogen) atoms. The maximum absolute atomic E-state index is 13.4. The summed E-state index contributed by atoms with van der Waals surface area (Å²) in [5.74, 6) is -0.604. The van der Waals surface area contributed by atoms with Gasteiger partial charge in [0.15, 0.2) is 0 Å². The molecule has 1 N–H and O–H groups in total. The van der Waals surface area contributed by atoms with Crippen LogP contribution in [0.5, 0.6) is 0 Å². The van der Waals surface area contributed by atoms with Crippen molar-refractivity contribution in [3.8, 4) is 0 Å². The van der Waals surface area contributed by atoms with Crippen molar-refractivity contribution in [2.24, 2.45) is 5.92 Å². The highest BCUT2D eigenvalue weighted by molar-refractivity contribution is 7.89. The molecule has 0 aromatic heterocycles. The zero-order chi connectivity index (χ0) is 24.8. The van der Waals surface area contributed by atoms with Gasteiger partial charge in [-0.2, -0.15) is 4.31 Å². The van der Waals surface area contributed by atoms with Crippen LogP contribution < -0.4 is 10.2 Å². The molecule has 0 atom stereocenters. The Balaban J connectivity index is 1.59. The highest BCUT2D eigenvalue weighted by Crippen LogP contribution is 2.43. The first-order valence-corrected chi connectivity index (χ1v) is 12.9. The summed E-state index contributed by atoms with van der Waals surface area (Å²) in [6, 6.07) is 8.74. The number of sulfonamides is 1. The predicted molar refractivity (Wildman–Crippen MR) is 129 cm³/mol. The lowest BCUT2D eigenvalue weighted by molar-refractivity contribution is -0.124. The lowest BCUT2D eigenvalue weighted by atomic mass is 9.86. The van der Waals surface area contributed by atoms with E-state index in [4.69, 9.17) is 0 Å².